The van der Waals surface area contributed by atoms with Crippen LogP contribution in [0.5, 0.6) is 0 Å². The van der Waals surface area contributed by atoms with Crippen LogP contribution < -0.4 is 10.6 Å². The summed E-state index contributed by atoms with van der Waals surface area (Å²) in [6.07, 6.45) is -3.21. The summed E-state index contributed by atoms with van der Waals surface area (Å²) in [7, 11) is 0. The van der Waals surface area contributed by atoms with E-state index in [1.807, 2.05) is 0 Å². The molecule has 1 heterocycles. The zero-order valence-electron chi connectivity index (χ0n) is 15.8. The van der Waals surface area contributed by atoms with Gasteiger partial charge in [-0.15, -0.1) is 0 Å². The van der Waals surface area contributed by atoms with E-state index in [0.717, 1.165) is 12.1 Å². The van der Waals surface area contributed by atoms with Crippen molar-refractivity contribution in [1.29, 1.82) is 0 Å². The lowest BCUT2D eigenvalue weighted by molar-refractivity contribution is -0.137. The van der Waals surface area contributed by atoms with E-state index >= 15 is 0 Å². The Morgan fingerprint density at radius 2 is 1.83 bits per heavy atom. The molecule has 0 spiro atoms. The molecule has 0 radical (unpaired) electrons. The van der Waals surface area contributed by atoms with Crippen LogP contribution >= 0.6 is 11.6 Å². The smallest absolute Gasteiger partial charge is 0.325 e. The fourth-order valence-corrected chi connectivity index (χ4v) is 3.02. The molecular formula is C20H16ClF3N4O2. The third kappa shape index (κ3) is 4.62. The van der Waals surface area contributed by atoms with Crippen molar-refractivity contribution in [3.05, 3.63) is 70.5 Å². The summed E-state index contributed by atoms with van der Waals surface area (Å²) < 4.78 is 40.1. The van der Waals surface area contributed by atoms with E-state index in [1.165, 1.54) is 42.1 Å². The van der Waals surface area contributed by atoms with Crippen LogP contribution in [0.3, 0.4) is 0 Å². The molecule has 1 aromatic heterocycles. The molecule has 0 aliphatic heterocycles. The molecule has 2 amide bonds. The first-order chi connectivity index (χ1) is 14.1. The fraction of sp³-hybridized carbons (Fsp3) is 0.150. The largest absolute Gasteiger partial charge is 0.416 e. The van der Waals surface area contributed by atoms with Gasteiger partial charge < -0.3 is 10.6 Å². The van der Waals surface area contributed by atoms with Crippen molar-refractivity contribution in [2.45, 2.75) is 20.0 Å². The van der Waals surface area contributed by atoms with Gasteiger partial charge >= 0.3 is 6.18 Å². The highest BCUT2D eigenvalue weighted by Crippen LogP contribution is 2.31. The van der Waals surface area contributed by atoms with Crippen molar-refractivity contribution in [3.8, 4) is 5.69 Å². The average molecular weight is 437 g/mol. The van der Waals surface area contributed by atoms with Gasteiger partial charge in [-0.2, -0.15) is 18.3 Å². The molecule has 0 saturated carbocycles. The van der Waals surface area contributed by atoms with Gasteiger partial charge in [-0.05, 0) is 43.3 Å². The number of halogens is 4. The van der Waals surface area contributed by atoms with Crippen LogP contribution in [-0.2, 0) is 11.0 Å². The Morgan fingerprint density at radius 3 is 2.47 bits per heavy atom. The van der Waals surface area contributed by atoms with Gasteiger partial charge in [0.05, 0.1) is 39.4 Å². The van der Waals surface area contributed by atoms with E-state index in [9.17, 15) is 22.8 Å². The number of benzene rings is 2. The predicted octanol–water partition coefficient (Wildman–Crippen LogP) is 5.06. The van der Waals surface area contributed by atoms with Crippen LogP contribution in [0.15, 0.2) is 48.7 Å². The standard InChI is InChI=1S/C20H16ClF3N4O2/c1-11-16(10-25-28(11)15-5-3-4-13(8-15)20(22,23)24)19(30)27-14-6-7-18(17(21)9-14)26-12(2)29/h3-10H,1-2H3,(H,26,29)(H,27,30). The molecular weight excluding hydrogens is 421 g/mol. The number of amides is 2. The van der Waals surface area contributed by atoms with Crippen LogP contribution in [0.4, 0.5) is 24.5 Å². The number of aromatic nitrogens is 2. The molecule has 0 aliphatic carbocycles. The third-order valence-electron chi connectivity index (χ3n) is 4.21. The summed E-state index contributed by atoms with van der Waals surface area (Å²) in [5.74, 6) is -0.791. The second kappa shape index (κ2) is 8.19. The Bertz CT molecular complexity index is 1130. The Labute approximate surface area is 174 Å². The molecule has 2 N–H and O–H groups in total. The van der Waals surface area contributed by atoms with Crippen LogP contribution in [0.2, 0.25) is 5.02 Å². The summed E-state index contributed by atoms with van der Waals surface area (Å²) in [4.78, 5) is 23.8. The first-order valence-electron chi connectivity index (χ1n) is 8.67. The zero-order valence-corrected chi connectivity index (χ0v) is 16.6. The molecule has 0 aliphatic rings. The van der Waals surface area contributed by atoms with Crippen molar-refractivity contribution >= 4 is 34.8 Å². The molecule has 10 heteroatoms. The van der Waals surface area contributed by atoms with E-state index < -0.39 is 17.6 Å². The lowest BCUT2D eigenvalue weighted by Crippen LogP contribution is -2.13. The summed E-state index contributed by atoms with van der Waals surface area (Å²) in [6.45, 7) is 2.92. The third-order valence-corrected chi connectivity index (χ3v) is 4.52. The number of carbonyl (C=O) groups excluding carboxylic acids is 2. The number of rotatable bonds is 4. The summed E-state index contributed by atoms with van der Waals surface area (Å²) in [5, 5.41) is 9.49. The number of hydrogen-bond acceptors (Lipinski definition) is 3. The number of alkyl halides is 3. The molecule has 0 unspecified atom stereocenters. The lowest BCUT2D eigenvalue weighted by atomic mass is 10.2. The monoisotopic (exact) mass is 436 g/mol. The molecule has 30 heavy (non-hydrogen) atoms. The molecule has 3 aromatic rings. The Hall–Kier alpha value is -3.33. The van der Waals surface area contributed by atoms with Gasteiger partial charge in [0, 0.05) is 12.6 Å². The molecule has 0 fully saturated rings. The summed E-state index contributed by atoms with van der Waals surface area (Å²) in [6, 6.07) is 9.23. The molecule has 0 saturated heterocycles. The van der Waals surface area contributed by atoms with Gasteiger partial charge in [0.2, 0.25) is 5.91 Å². The normalized spacial score (nSPS) is 11.3. The van der Waals surface area contributed by atoms with Crippen LogP contribution in [0, 0.1) is 6.92 Å². The van der Waals surface area contributed by atoms with Gasteiger partial charge in [-0.25, -0.2) is 4.68 Å². The lowest BCUT2D eigenvalue weighted by Gasteiger charge is -2.11. The van der Waals surface area contributed by atoms with E-state index in [-0.39, 0.29) is 22.2 Å². The van der Waals surface area contributed by atoms with E-state index in [2.05, 4.69) is 15.7 Å². The zero-order chi connectivity index (χ0) is 22.1. The molecule has 0 bridgehead atoms. The molecule has 2 aromatic carbocycles. The van der Waals surface area contributed by atoms with Crippen molar-refractivity contribution in [1.82, 2.24) is 9.78 Å². The van der Waals surface area contributed by atoms with Crippen LogP contribution in [0.25, 0.3) is 5.69 Å². The number of anilines is 2. The maximum Gasteiger partial charge on any atom is 0.416 e. The number of carbonyl (C=O) groups is 2. The first-order valence-corrected chi connectivity index (χ1v) is 9.05. The number of hydrogen-bond donors (Lipinski definition) is 2. The van der Waals surface area contributed by atoms with Gasteiger partial charge in [0.1, 0.15) is 0 Å². The molecule has 156 valence electrons. The second-order valence-electron chi connectivity index (χ2n) is 6.43. The maximum absolute atomic E-state index is 13.0. The number of nitrogens with one attached hydrogen (secondary N) is 2. The fourth-order valence-electron chi connectivity index (χ4n) is 2.79. The topological polar surface area (TPSA) is 76.0 Å². The van der Waals surface area contributed by atoms with Gasteiger partial charge in [0.15, 0.2) is 0 Å². The molecule has 6 nitrogen and oxygen atoms in total. The minimum absolute atomic E-state index is 0.184. The minimum Gasteiger partial charge on any atom is -0.325 e. The van der Waals surface area contributed by atoms with Crippen molar-refractivity contribution < 1.29 is 22.8 Å². The van der Waals surface area contributed by atoms with Crippen molar-refractivity contribution in [2.75, 3.05) is 10.6 Å². The summed E-state index contributed by atoms with van der Waals surface area (Å²) in [5.41, 5.74) is 0.710. The highest BCUT2D eigenvalue weighted by atomic mass is 35.5. The van der Waals surface area contributed by atoms with Gasteiger partial charge in [-0.3, -0.25) is 9.59 Å². The Balaban J connectivity index is 1.83. The molecule has 0 atom stereocenters. The molecule has 3 rings (SSSR count). The van der Waals surface area contributed by atoms with Crippen molar-refractivity contribution in [2.24, 2.45) is 0 Å². The van der Waals surface area contributed by atoms with Crippen molar-refractivity contribution in [3.63, 3.8) is 0 Å². The SMILES string of the molecule is CC(=O)Nc1ccc(NC(=O)c2cnn(-c3cccc(C(F)(F)F)c3)c2C)cc1Cl. The van der Waals surface area contributed by atoms with Crippen LogP contribution in [-0.4, -0.2) is 21.6 Å². The van der Waals surface area contributed by atoms with Gasteiger partial charge in [0.25, 0.3) is 5.91 Å². The van der Waals surface area contributed by atoms with E-state index in [1.54, 1.807) is 13.0 Å². The highest BCUT2D eigenvalue weighted by Gasteiger charge is 2.30. The minimum atomic E-state index is -4.49. The maximum atomic E-state index is 13.0. The van der Waals surface area contributed by atoms with E-state index in [4.69, 9.17) is 11.6 Å². The highest BCUT2D eigenvalue weighted by molar-refractivity contribution is 6.34. The van der Waals surface area contributed by atoms with Crippen LogP contribution in [0.1, 0.15) is 28.5 Å². The summed E-state index contributed by atoms with van der Waals surface area (Å²) >= 11 is 6.10. The van der Waals surface area contributed by atoms with Gasteiger partial charge in [-0.1, -0.05) is 17.7 Å². The first kappa shape index (κ1) is 21.4. The second-order valence-corrected chi connectivity index (χ2v) is 6.84. The quantitative estimate of drug-likeness (QED) is 0.600. The predicted molar refractivity (Wildman–Crippen MR) is 107 cm³/mol. The Kier molecular flexibility index (Phi) is 5.84. The average Bonchev–Trinajstić information content (AvgIpc) is 3.04. The van der Waals surface area contributed by atoms with E-state index in [0.29, 0.717) is 17.1 Å². The number of nitrogens with zero attached hydrogens (tertiary/aromatic N) is 2. The Morgan fingerprint density at radius 1 is 1.10 bits per heavy atom.